The number of methoxy groups -OCH3 is 1. The van der Waals surface area contributed by atoms with Crippen molar-refractivity contribution in [3.8, 4) is 5.75 Å². The summed E-state index contributed by atoms with van der Waals surface area (Å²) in [6.45, 7) is 3.99. The molecule has 92 valence electrons. The van der Waals surface area contributed by atoms with Crippen molar-refractivity contribution in [3.05, 3.63) is 23.8 Å². The van der Waals surface area contributed by atoms with Gasteiger partial charge in [-0.15, -0.1) is 0 Å². The van der Waals surface area contributed by atoms with Gasteiger partial charge in [-0.3, -0.25) is 0 Å². The molecule has 0 aromatic heterocycles. The van der Waals surface area contributed by atoms with Crippen LogP contribution >= 0.6 is 0 Å². The zero-order valence-electron chi connectivity index (χ0n) is 10.5. The van der Waals surface area contributed by atoms with Crippen LogP contribution in [0.4, 0.5) is 5.69 Å². The number of rotatable bonds is 3. The highest BCUT2D eigenvalue weighted by atomic mass is 16.5. The van der Waals surface area contributed by atoms with Crippen LogP contribution in [0.2, 0.25) is 0 Å². The van der Waals surface area contributed by atoms with E-state index in [2.05, 4.69) is 24.0 Å². The van der Waals surface area contributed by atoms with E-state index in [1.54, 1.807) is 7.11 Å². The zero-order valence-corrected chi connectivity index (χ0v) is 10.5. The number of ether oxygens (including phenoxy) is 1. The van der Waals surface area contributed by atoms with E-state index in [-0.39, 0.29) is 5.92 Å². The minimum Gasteiger partial charge on any atom is -0.496 e. The van der Waals surface area contributed by atoms with Gasteiger partial charge in [0.05, 0.1) is 7.11 Å². The number of nitrogens with zero attached hydrogens (tertiary/aromatic N) is 1. The lowest BCUT2D eigenvalue weighted by molar-refractivity contribution is -0.111. The lowest BCUT2D eigenvalue weighted by atomic mass is 9.98. The molecule has 1 aromatic carbocycles. The number of anilines is 1. The highest BCUT2D eigenvalue weighted by Gasteiger charge is 2.18. The predicted octanol–water partition coefficient (Wildman–Crippen LogP) is 2.42. The van der Waals surface area contributed by atoms with E-state index >= 15 is 0 Å². The van der Waals surface area contributed by atoms with Crippen molar-refractivity contribution in [2.75, 3.05) is 25.1 Å². The Morgan fingerprint density at radius 2 is 2.06 bits per heavy atom. The van der Waals surface area contributed by atoms with Crippen molar-refractivity contribution in [2.24, 2.45) is 5.92 Å². The summed E-state index contributed by atoms with van der Waals surface area (Å²) in [5.74, 6) is 1.18. The van der Waals surface area contributed by atoms with Gasteiger partial charge in [-0.05, 0) is 43.5 Å². The van der Waals surface area contributed by atoms with Crippen LogP contribution in [0.25, 0.3) is 0 Å². The molecule has 0 aliphatic carbocycles. The standard InChI is InChI=1S/C14H19NO2/c1-11-9-13(3-4-14(11)17-2)15-7-5-12(10-16)6-8-15/h3-4,9-10,12H,5-8H2,1-2H3. The molecule has 2 rings (SSSR count). The van der Waals surface area contributed by atoms with Crippen molar-refractivity contribution >= 4 is 12.0 Å². The third kappa shape index (κ3) is 2.60. The Labute approximate surface area is 102 Å². The van der Waals surface area contributed by atoms with E-state index in [0.717, 1.165) is 43.5 Å². The summed E-state index contributed by atoms with van der Waals surface area (Å²) in [6, 6.07) is 6.25. The molecule has 3 heteroatoms. The molecule has 0 atom stereocenters. The highest BCUT2D eigenvalue weighted by Crippen LogP contribution is 2.27. The van der Waals surface area contributed by atoms with Gasteiger partial charge in [0.25, 0.3) is 0 Å². The Bertz CT molecular complexity index is 395. The fourth-order valence-electron chi connectivity index (χ4n) is 2.35. The number of carbonyl (C=O) groups excluding carboxylic acids is 1. The maximum Gasteiger partial charge on any atom is 0.123 e. The first kappa shape index (κ1) is 12.0. The maximum absolute atomic E-state index is 10.7. The quantitative estimate of drug-likeness (QED) is 0.751. The van der Waals surface area contributed by atoms with Crippen LogP contribution in [-0.2, 0) is 4.79 Å². The normalized spacial score (nSPS) is 16.9. The molecule has 0 N–H and O–H groups in total. The molecule has 0 spiro atoms. The number of aldehydes is 1. The third-order valence-electron chi connectivity index (χ3n) is 3.48. The second kappa shape index (κ2) is 5.21. The minimum atomic E-state index is 0.255. The Morgan fingerprint density at radius 1 is 1.35 bits per heavy atom. The molecule has 1 saturated heterocycles. The summed E-state index contributed by atoms with van der Waals surface area (Å²) in [5.41, 5.74) is 2.38. The number of hydrogen-bond donors (Lipinski definition) is 0. The van der Waals surface area contributed by atoms with Gasteiger partial charge >= 0.3 is 0 Å². The summed E-state index contributed by atoms with van der Waals surface area (Å²) in [4.78, 5) is 13.0. The van der Waals surface area contributed by atoms with E-state index in [9.17, 15) is 4.79 Å². The molecule has 0 saturated carbocycles. The second-order valence-electron chi connectivity index (χ2n) is 4.61. The topological polar surface area (TPSA) is 29.5 Å². The highest BCUT2D eigenvalue weighted by molar-refractivity contribution is 5.56. The fourth-order valence-corrected chi connectivity index (χ4v) is 2.35. The minimum absolute atomic E-state index is 0.255. The van der Waals surface area contributed by atoms with Crippen LogP contribution in [0, 0.1) is 12.8 Å². The molecule has 0 radical (unpaired) electrons. The molecule has 1 aromatic rings. The fraction of sp³-hybridized carbons (Fsp3) is 0.500. The molecule has 1 aliphatic rings. The lowest BCUT2D eigenvalue weighted by Crippen LogP contribution is -2.34. The van der Waals surface area contributed by atoms with Crippen LogP contribution in [0.3, 0.4) is 0 Å². The van der Waals surface area contributed by atoms with Crippen molar-refractivity contribution in [3.63, 3.8) is 0 Å². The monoisotopic (exact) mass is 233 g/mol. The van der Waals surface area contributed by atoms with Gasteiger partial charge in [0.2, 0.25) is 0 Å². The van der Waals surface area contributed by atoms with E-state index in [1.165, 1.54) is 5.69 Å². The molecule has 0 bridgehead atoms. The second-order valence-corrected chi connectivity index (χ2v) is 4.61. The first-order valence-electron chi connectivity index (χ1n) is 6.09. The van der Waals surface area contributed by atoms with Crippen LogP contribution < -0.4 is 9.64 Å². The first-order chi connectivity index (χ1) is 8.24. The van der Waals surface area contributed by atoms with Crippen molar-refractivity contribution in [1.29, 1.82) is 0 Å². The van der Waals surface area contributed by atoms with Gasteiger partial charge in [-0.1, -0.05) is 0 Å². The Kier molecular flexibility index (Phi) is 3.67. The number of hydrogen-bond acceptors (Lipinski definition) is 3. The SMILES string of the molecule is COc1ccc(N2CCC(C=O)CC2)cc1C. The van der Waals surface area contributed by atoms with Crippen molar-refractivity contribution < 1.29 is 9.53 Å². The Hall–Kier alpha value is -1.51. The first-order valence-corrected chi connectivity index (χ1v) is 6.09. The molecule has 0 amide bonds. The Balaban J connectivity index is 2.08. The number of carbonyl (C=O) groups is 1. The van der Waals surface area contributed by atoms with Gasteiger partial charge in [-0.25, -0.2) is 0 Å². The maximum atomic E-state index is 10.7. The largest absolute Gasteiger partial charge is 0.496 e. The van der Waals surface area contributed by atoms with Crippen molar-refractivity contribution in [1.82, 2.24) is 0 Å². The summed E-state index contributed by atoms with van der Waals surface area (Å²) in [5, 5.41) is 0. The summed E-state index contributed by atoms with van der Waals surface area (Å²) >= 11 is 0. The molecular formula is C14H19NO2. The van der Waals surface area contributed by atoms with E-state index in [1.807, 2.05) is 6.07 Å². The zero-order chi connectivity index (χ0) is 12.3. The summed E-state index contributed by atoms with van der Waals surface area (Å²) in [6.07, 6.45) is 3.03. The van der Waals surface area contributed by atoms with Crippen LogP contribution in [0.15, 0.2) is 18.2 Å². The number of benzene rings is 1. The average Bonchev–Trinajstić information content (AvgIpc) is 2.39. The van der Waals surface area contributed by atoms with E-state index in [4.69, 9.17) is 4.74 Å². The smallest absolute Gasteiger partial charge is 0.123 e. The van der Waals surface area contributed by atoms with Gasteiger partial charge in [0.1, 0.15) is 12.0 Å². The number of aryl methyl sites for hydroxylation is 1. The van der Waals surface area contributed by atoms with Gasteiger partial charge < -0.3 is 14.4 Å². The van der Waals surface area contributed by atoms with Gasteiger partial charge in [0.15, 0.2) is 0 Å². The van der Waals surface area contributed by atoms with E-state index in [0.29, 0.717) is 0 Å². The van der Waals surface area contributed by atoms with Crippen molar-refractivity contribution in [2.45, 2.75) is 19.8 Å². The lowest BCUT2D eigenvalue weighted by Gasteiger charge is -2.31. The predicted molar refractivity (Wildman–Crippen MR) is 68.7 cm³/mol. The molecule has 3 nitrogen and oxygen atoms in total. The van der Waals surface area contributed by atoms with E-state index < -0.39 is 0 Å². The molecule has 0 unspecified atom stereocenters. The average molecular weight is 233 g/mol. The van der Waals surface area contributed by atoms with Gasteiger partial charge in [0, 0.05) is 24.7 Å². The molecule has 17 heavy (non-hydrogen) atoms. The third-order valence-corrected chi connectivity index (χ3v) is 3.48. The van der Waals surface area contributed by atoms with Crippen LogP contribution in [0.5, 0.6) is 5.75 Å². The molecule has 1 fully saturated rings. The van der Waals surface area contributed by atoms with Crippen LogP contribution in [-0.4, -0.2) is 26.5 Å². The summed E-state index contributed by atoms with van der Waals surface area (Å²) in [7, 11) is 1.69. The molecule has 1 heterocycles. The molecular weight excluding hydrogens is 214 g/mol. The summed E-state index contributed by atoms with van der Waals surface area (Å²) < 4.78 is 5.26. The molecule has 1 aliphatic heterocycles. The Morgan fingerprint density at radius 3 is 2.59 bits per heavy atom. The van der Waals surface area contributed by atoms with Gasteiger partial charge in [-0.2, -0.15) is 0 Å². The van der Waals surface area contributed by atoms with Crippen LogP contribution in [0.1, 0.15) is 18.4 Å². The number of piperidine rings is 1.